The normalized spacial score (nSPS) is 11.3. The van der Waals surface area contributed by atoms with Crippen LogP contribution in [0.25, 0.3) is 0 Å². The average Bonchev–Trinajstić information content (AvgIpc) is 2.26. The van der Waals surface area contributed by atoms with Crippen molar-refractivity contribution < 1.29 is 9.59 Å². The van der Waals surface area contributed by atoms with Crippen molar-refractivity contribution in [2.24, 2.45) is 5.41 Å². The van der Waals surface area contributed by atoms with Crippen molar-refractivity contribution in [3.05, 3.63) is 24.3 Å². The number of anilines is 2. The molecule has 0 atom stereocenters. The van der Waals surface area contributed by atoms with E-state index in [1.54, 1.807) is 24.3 Å². The zero-order valence-electron chi connectivity index (χ0n) is 12.6. The van der Waals surface area contributed by atoms with E-state index in [1.165, 1.54) is 11.8 Å². The Bertz CT molecular complexity index is 493. The molecule has 2 N–H and O–H groups in total. The minimum absolute atomic E-state index is 0.0578. The van der Waals surface area contributed by atoms with Crippen LogP contribution >= 0.6 is 11.8 Å². The summed E-state index contributed by atoms with van der Waals surface area (Å²) in [6.07, 6.45) is 0. The van der Waals surface area contributed by atoms with Gasteiger partial charge >= 0.3 is 0 Å². The zero-order chi connectivity index (χ0) is 15.3. The molecule has 1 aromatic carbocycles. The van der Waals surface area contributed by atoms with Crippen molar-refractivity contribution in [2.75, 3.05) is 10.6 Å². The van der Waals surface area contributed by atoms with Crippen molar-refractivity contribution in [1.82, 2.24) is 0 Å². The molecule has 0 spiro atoms. The third-order valence-corrected chi connectivity index (χ3v) is 3.18. The summed E-state index contributed by atoms with van der Waals surface area (Å²) in [5.41, 5.74) is 0.902. The highest BCUT2D eigenvalue weighted by atomic mass is 32.2. The minimum Gasteiger partial charge on any atom is -0.326 e. The Balaban J connectivity index is 2.71. The molecule has 5 heteroatoms. The van der Waals surface area contributed by atoms with Crippen LogP contribution in [0.5, 0.6) is 0 Å². The van der Waals surface area contributed by atoms with Gasteiger partial charge in [0.1, 0.15) is 0 Å². The van der Waals surface area contributed by atoms with Gasteiger partial charge in [0, 0.05) is 22.0 Å². The number of amides is 2. The maximum Gasteiger partial charge on any atom is 0.283 e. The van der Waals surface area contributed by atoms with E-state index in [-0.39, 0.29) is 16.4 Å². The van der Waals surface area contributed by atoms with Crippen LogP contribution in [0.2, 0.25) is 0 Å². The van der Waals surface area contributed by atoms with Gasteiger partial charge in [-0.15, -0.1) is 0 Å². The number of carbonyl (C=O) groups is 2. The van der Waals surface area contributed by atoms with Crippen molar-refractivity contribution in [1.29, 1.82) is 0 Å². The number of benzene rings is 1. The van der Waals surface area contributed by atoms with Gasteiger partial charge in [0.25, 0.3) is 5.24 Å². The molecule has 0 radical (unpaired) electrons. The molecule has 1 aromatic rings. The summed E-state index contributed by atoms with van der Waals surface area (Å²) >= 11 is 1.24. The van der Waals surface area contributed by atoms with E-state index in [1.807, 2.05) is 34.6 Å². The molecule has 0 fully saturated rings. The van der Waals surface area contributed by atoms with Crippen molar-refractivity contribution >= 4 is 34.3 Å². The number of rotatable bonds is 3. The predicted molar refractivity (Wildman–Crippen MR) is 86.3 cm³/mol. The van der Waals surface area contributed by atoms with Crippen LogP contribution in [-0.4, -0.2) is 16.4 Å². The molecule has 0 bridgehead atoms. The maximum absolute atomic E-state index is 11.9. The number of thioether (sulfide) groups is 1. The van der Waals surface area contributed by atoms with Gasteiger partial charge in [0.15, 0.2) is 0 Å². The molecule has 0 aliphatic rings. The Hall–Kier alpha value is -1.49. The molecule has 1 rings (SSSR count). The molecule has 20 heavy (non-hydrogen) atoms. The highest BCUT2D eigenvalue weighted by Gasteiger charge is 2.21. The van der Waals surface area contributed by atoms with Gasteiger partial charge in [-0.1, -0.05) is 52.4 Å². The SMILES string of the molecule is CC(C)SC(=O)Nc1cccc(NC(=O)C(C)(C)C)c1. The molecule has 0 aromatic heterocycles. The van der Waals surface area contributed by atoms with E-state index in [2.05, 4.69) is 10.6 Å². The number of carbonyl (C=O) groups excluding carboxylic acids is 2. The highest BCUT2D eigenvalue weighted by molar-refractivity contribution is 8.14. The lowest BCUT2D eigenvalue weighted by atomic mass is 9.95. The molecule has 2 amide bonds. The molecule has 4 nitrogen and oxygen atoms in total. The van der Waals surface area contributed by atoms with Gasteiger partial charge in [-0.3, -0.25) is 9.59 Å². The topological polar surface area (TPSA) is 58.2 Å². The maximum atomic E-state index is 11.9. The molecule has 0 aliphatic heterocycles. The summed E-state index contributed by atoms with van der Waals surface area (Å²) in [6, 6.07) is 7.15. The Morgan fingerprint density at radius 2 is 1.65 bits per heavy atom. The van der Waals surface area contributed by atoms with Crippen molar-refractivity contribution in [3.8, 4) is 0 Å². The van der Waals surface area contributed by atoms with Gasteiger partial charge in [-0.05, 0) is 18.2 Å². The van der Waals surface area contributed by atoms with E-state index in [4.69, 9.17) is 0 Å². The third-order valence-electron chi connectivity index (χ3n) is 2.39. The predicted octanol–water partition coefficient (Wildman–Crippen LogP) is 4.34. The van der Waals surface area contributed by atoms with Crippen LogP contribution in [0.15, 0.2) is 24.3 Å². The van der Waals surface area contributed by atoms with Crippen molar-refractivity contribution in [3.63, 3.8) is 0 Å². The summed E-state index contributed by atoms with van der Waals surface area (Å²) in [4.78, 5) is 23.6. The van der Waals surface area contributed by atoms with E-state index in [0.717, 1.165) is 0 Å². The quantitative estimate of drug-likeness (QED) is 0.871. The summed E-state index contributed by atoms with van der Waals surface area (Å²) in [7, 11) is 0. The van der Waals surface area contributed by atoms with Gasteiger partial charge in [0.2, 0.25) is 5.91 Å². The van der Waals surface area contributed by atoms with Crippen molar-refractivity contribution in [2.45, 2.75) is 39.9 Å². The van der Waals surface area contributed by atoms with E-state index >= 15 is 0 Å². The number of hydrogen-bond donors (Lipinski definition) is 2. The van der Waals surface area contributed by atoms with Gasteiger partial charge in [-0.25, -0.2) is 0 Å². The average molecular weight is 294 g/mol. The van der Waals surface area contributed by atoms with Crippen LogP contribution in [0.4, 0.5) is 16.2 Å². The Kier molecular flexibility index (Phi) is 5.62. The first kappa shape index (κ1) is 16.6. The molecule has 0 heterocycles. The second-order valence-electron chi connectivity index (χ2n) is 5.86. The highest BCUT2D eigenvalue weighted by Crippen LogP contribution is 2.21. The molecule has 0 saturated carbocycles. The Morgan fingerprint density at radius 3 is 2.15 bits per heavy atom. The molecule has 0 unspecified atom stereocenters. The first-order chi connectivity index (χ1) is 9.18. The lowest BCUT2D eigenvalue weighted by Gasteiger charge is -2.18. The zero-order valence-corrected chi connectivity index (χ0v) is 13.4. The third kappa shape index (κ3) is 5.65. The van der Waals surface area contributed by atoms with Gasteiger partial charge in [-0.2, -0.15) is 0 Å². The first-order valence-corrected chi connectivity index (χ1v) is 7.45. The second-order valence-corrected chi connectivity index (χ2v) is 7.41. The smallest absolute Gasteiger partial charge is 0.283 e. The first-order valence-electron chi connectivity index (χ1n) is 6.57. The monoisotopic (exact) mass is 294 g/mol. The molecule has 0 aliphatic carbocycles. The molecular weight excluding hydrogens is 272 g/mol. The van der Waals surface area contributed by atoms with Crippen LogP contribution in [0.1, 0.15) is 34.6 Å². The number of hydrogen-bond acceptors (Lipinski definition) is 3. The van der Waals surface area contributed by atoms with Crippen LogP contribution in [0, 0.1) is 5.41 Å². The standard InChI is InChI=1S/C15H22N2O2S/c1-10(2)20-14(19)17-12-8-6-7-11(9-12)16-13(18)15(3,4)5/h6-10H,1-5H3,(H,16,18)(H,17,19). The largest absolute Gasteiger partial charge is 0.326 e. The summed E-state index contributed by atoms with van der Waals surface area (Å²) in [5, 5.41) is 5.77. The summed E-state index contributed by atoms with van der Waals surface area (Å²) in [5.74, 6) is -0.0578. The number of nitrogens with one attached hydrogen (secondary N) is 2. The van der Waals surface area contributed by atoms with E-state index < -0.39 is 5.41 Å². The van der Waals surface area contributed by atoms with E-state index in [9.17, 15) is 9.59 Å². The van der Waals surface area contributed by atoms with E-state index in [0.29, 0.717) is 11.4 Å². The summed E-state index contributed by atoms with van der Waals surface area (Å²) in [6.45, 7) is 9.49. The van der Waals surface area contributed by atoms with Gasteiger partial charge in [0.05, 0.1) is 0 Å². The molecular formula is C15H22N2O2S. The molecule has 0 saturated heterocycles. The fraction of sp³-hybridized carbons (Fsp3) is 0.467. The van der Waals surface area contributed by atoms with Crippen LogP contribution in [-0.2, 0) is 4.79 Å². The Morgan fingerprint density at radius 1 is 1.10 bits per heavy atom. The Labute approximate surface area is 124 Å². The fourth-order valence-electron chi connectivity index (χ4n) is 1.35. The molecule has 110 valence electrons. The second kappa shape index (κ2) is 6.79. The van der Waals surface area contributed by atoms with Crippen LogP contribution in [0.3, 0.4) is 0 Å². The lowest BCUT2D eigenvalue weighted by molar-refractivity contribution is -0.123. The van der Waals surface area contributed by atoms with Gasteiger partial charge < -0.3 is 10.6 Å². The van der Waals surface area contributed by atoms with Crippen LogP contribution < -0.4 is 10.6 Å². The fourth-order valence-corrected chi connectivity index (χ4v) is 1.96. The minimum atomic E-state index is -0.452. The summed E-state index contributed by atoms with van der Waals surface area (Å²) < 4.78 is 0. The lowest BCUT2D eigenvalue weighted by Crippen LogP contribution is -2.27.